The van der Waals surface area contributed by atoms with E-state index in [-0.39, 0.29) is 23.2 Å². The van der Waals surface area contributed by atoms with Crippen molar-refractivity contribution in [3.05, 3.63) is 100 Å². The summed E-state index contributed by atoms with van der Waals surface area (Å²) in [7, 11) is 3.71. The van der Waals surface area contributed by atoms with E-state index in [2.05, 4.69) is 11.1 Å². The first-order valence-corrected chi connectivity index (χ1v) is 13.1. The molecule has 0 bridgehead atoms. The lowest BCUT2D eigenvalue weighted by Gasteiger charge is -2.51. The molecule has 1 N–H and O–H groups in total. The molecule has 196 valence electrons. The van der Waals surface area contributed by atoms with Gasteiger partial charge in [-0.05, 0) is 79.5 Å². The molecular weight excluding hydrogens is 487 g/mol. The van der Waals surface area contributed by atoms with Crippen molar-refractivity contribution in [2.24, 2.45) is 0 Å². The molecule has 6 rings (SSSR count). The highest BCUT2D eigenvalue weighted by Gasteiger charge is 2.49. The van der Waals surface area contributed by atoms with Crippen LogP contribution in [0, 0.1) is 17.5 Å². The SMILES string of the molecule is CN(C)c1c(F)cccc1C1CCC2(CC1)c1[nH]c3ccccc3c1CCN2C(=O)c1ccc(F)c(F)c1. The van der Waals surface area contributed by atoms with E-state index in [0.717, 1.165) is 47.1 Å². The van der Waals surface area contributed by atoms with Crippen molar-refractivity contribution in [1.29, 1.82) is 0 Å². The maximum Gasteiger partial charge on any atom is 0.254 e. The topological polar surface area (TPSA) is 39.3 Å². The highest BCUT2D eigenvalue weighted by atomic mass is 19.2. The van der Waals surface area contributed by atoms with Crippen molar-refractivity contribution in [3.63, 3.8) is 0 Å². The normalized spacial score (nSPS) is 21.1. The fourth-order valence-electron chi connectivity index (χ4n) is 6.77. The Hall–Kier alpha value is -3.74. The third kappa shape index (κ3) is 3.79. The summed E-state index contributed by atoms with van der Waals surface area (Å²) in [6.07, 6.45) is 3.56. The first-order chi connectivity index (χ1) is 18.3. The summed E-state index contributed by atoms with van der Waals surface area (Å²) in [5.41, 5.74) is 4.40. The second kappa shape index (κ2) is 9.22. The molecule has 7 heteroatoms. The molecule has 3 aromatic carbocycles. The van der Waals surface area contributed by atoms with Crippen LogP contribution in [0.15, 0.2) is 60.7 Å². The van der Waals surface area contributed by atoms with Crippen molar-refractivity contribution in [1.82, 2.24) is 9.88 Å². The van der Waals surface area contributed by atoms with Gasteiger partial charge < -0.3 is 14.8 Å². The summed E-state index contributed by atoms with van der Waals surface area (Å²) < 4.78 is 42.5. The van der Waals surface area contributed by atoms with E-state index < -0.39 is 17.2 Å². The molecule has 1 aliphatic carbocycles. The van der Waals surface area contributed by atoms with Gasteiger partial charge in [-0.25, -0.2) is 13.2 Å². The standard InChI is InChI=1S/C31H30F3N3O/c1-36(2)28-21(7-5-8-25(28)33)19-12-15-31(16-13-19)29-23(22-6-3-4-9-27(22)35-29)14-17-37(31)30(38)20-10-11-24(32)26(34)18-20/h3-11,18-19,35H,12-17H2,1-2H3. The fourth-order valence-corrected chi connectivity index (χ4v) is 6.77. The number of carbonyl (C=O) groups is 1. The van der Waals surface area contributed by atoms with E-state index >= 15 is 0 Å². The van der Waals surface area contributed by atoms with Gasteiger partial charge in [-0.1, -0.05) is 30.3 Å². The van der Waals surface area contributed by atoms with Crippen LogP contribution in [0.5, 0.6) is 0 Å². The molecule has 2 heterocycles. The number of aromatic nitrogens is 1. The molecule has 0 radical (unpaired) electrons. The molecule has 0 unspecified atom stereocenters. The Kier molecular flexibility index (Phi) is 5.97. The predicted molar refractivity (Wildman–Crippen MR) is 143 cm³/mol. The fraction of sp³-hybridized carbons (Fsp3) is 0.323. The van der Waals surface area contributed by atoms with Crippen molar-refractivity contribution >= 4 is 22.5 Å². The van der Waals surface area contributed by atoms with E-state index in [0.29, 0.717) is 31.5 Å². The average Bonchev–Trinajstić information content (AvgIpc) is 3.30. The smallest absolute Gasteiger partial charge is 0.254 e. The monoisotopic (exact) mass is 517 g/mol. The molecule has 38 heavy (non-hydrogen) atoms. The van der Waals surface area contributed by atoms with E-state index in [9.17, 15) is 18.0 Å². The van der Waals surface area contributed by atoms with Crippen LogP contribution in [0.2, 0.25) is 0 Å². The maximum atomic E-state index is 14.8. The van der Waals surface area contributed by atoms with Crippen LogP contribution < -0.4 is 4.90 Å². The first kappa shape index (κ1) is 24.6. The number of H-pyrrole nitrogens is 1. The van der Waals surface area contributed by atoms with Crippen LogP contribution in [-0.2, 0) is 12.0 Å². The van der Waals surface area contributed by atoms with Crippen LogP contribution in [0.4, 0.5) is 18.9 Å². The Labute approximate surface area is 220 Å². The Morgan fingerprint density at radius 1 is 0.947 bits per heavy atom. The molecule has 1 amide bonds. The van der Waals surface area contributed by atoms with Gasteiger partial charge in [-0.3, -0.25) is 4.79 Å². The van der Waals surface area contributed by atoms with Gasteiger partial charge in [0.05, 0.1) is 11.2 Å². The lowest BCUT2D eigenvalue weighted by Crippen LogP contribution is -2.55. The molecule has 1 spiro atoms. The molecule has 4 nitrogen and oxygen atoms in total. The summed E-state index contributed by atoms with van der Waals surface area (Å²) in [6, 6.07) is 16.8. The zero-order valence-electron chi connectivity index (χ0n) is 21.5. The summed E-state index contributed by atoms with van der Waals surface area (Å²) in [5.74, 6) is -2.40. The lowest BCUT2D eigenvalue weighted by atomic mass is 9.69. The average molecular weight is 518 g/mol. The van der Waals surface area contributed by atoms with Gasteiger partial charge in [0, 0.05) is 42.8 Å². The number of para-hydroxylation sites is 2. The second-order valence-electron chi connectivity index (χ2n) is 10.7. The minimum Gasteiger partial charge on any atom is -0.375 e. The van der Waals surface area contributed by atoms with Crippen LogP contribution in [-0.4, -0.2) is 36.4 Å². The van der Waals surface area contributed by atoms with E-state index in [1.807, 2.05) is 48.2 Å². The number of nitrogens with zero attached hydrogens (tertiary/aromatic N) is 2. The van der Waals surface area contributed by atoms with Gasteiger partial charge in [0.15, 0.2) is 11.6 Å². The Balaban J connectivity index is 1.42. The van der Waals surface area contributed by atoms with Gasteiger partial charge in [0.2, 0.25) is 0 Å². The quantitative estimate of drug-likeness (QED) is 0.321. The molecule has 4 aromatic rings. The number of nitrogens with one attached hydrogen (secondary N) is 1. The largest absolute Gasteiger partial charge is 0.375 e. The number of carbonyl (C=O) groups excluding carboxylic acids is 1. The number of benzene rings is 3. The summed E-state index contributed by atoms with van der Waals surface area (Å²) in [5, 5.41) is 1.16. The second-order valence-corrected chi connectivity index (χ2v) is 10.7. The Bertz CT molecular complexity index is 1530. The highest BCUT2D eigenvalue weighted by Crippen LogP contribution is 2.52. The maximum absolute atomic E-state index is 14.8. The molecule has 1 fully saturated rings. The van der Waals surface area contributed by atoms with Crippen molar-refractivity contribution in [2.45, 2.75) is 43.6 Å². The predicted octanol–water partition coefficient (Wildman–Crippen LogP) is 6.90. The number of rotatable bonds is 3. The molecular formula is C31H30F3N3O. The number of anilines is 1. The van der Waals surface area contributed by atoms with E-state index in [1.165, 1.54) is 17.7 Å². The van der Waals surface area contributed by atoms with Gasteiger partial charge in [0.25, 0.3) is 5.91 Å². The van der Waals surface area contributed by atoms with Crippen molar-refractivity contribution < 1.29 is 18.0 Å². The van der Waals surface area contributed by atoms with Crippen molar-refractivity contribution in [3.8, 4) is 0 Å². The van der Waals surface area contributed by atoms with E-state index in [4.69, 9.17) is 0 Å². The molecule has 0 atom stereocenters. The number of aromatic amines is 1. The summed E-state index contributed by atoms with van der Waals surface area (Å²) >= 11 is 0. The minimum atomic E-state index is -1.03. The van der Waals surface area contributed by atoms with Crippen LogP contribution in [0.25, 0.3) is 10.9 Å². The van der Waals surface area contributed by atoms with Gasteiger partial charge in [-0.15, -0.1) is 0 Å². The zero-order chi connectivity index (χ0) is 26.6. The Morgan fingerprint density at radius 3 is 2.45 bits per heavy atom. The number of halogens is 3. The molecule has 1 saturated carbocycles. The zero-order valence-corrected chi connectivity index (χ0v) is 21.5. The molecule has 0 saturated heterocycles. The van der Waals surface area contributed by atoms with Gasteiger partial charge in [0.1, 0.15) is 5.82 Å². The van der Waals surface area contributed by atoms with Gasteiger partial charge >= 0.3 is 0 Å². The Morgan fingerprint density at radius 2 is 1.71 bits per heavy atom. The number of hydrogen-bond acceptors (Lipinski definition) is 2. The minimum absolute atomic E-state index is 0.142. The highest BCUT2D eigenvalue weighted by molar-refractivity contribution is 5.96. The van der Waals surface area contributed by atoms with Gasteiger partial charge in [-0.2, -0.15) is 0 Å². The van der Waals surface area contributed by atoms with Crippen LogP contribution in [0.1, 0.15) is 58.8 Å². The van der Waals surface area contributed by atoms with Crippen LogP contribution in [0.3, 0.4) is 0 Å². The number of hydrogen-bond donors (Lipinski definition) is 1. The van der Waals surface area contributed by atoms with Crippen LogP contribution >= 0.6 is 0 Å². The number of fused-ring (bicyclic) bond motifs is 4. The third-order valence-corrected chi connectivity index (χ3v) is 8.51. The number of amides is 1. The summed E-state index contributed by atoms with van der Waals surface area (Å²) in [4.78, 5) is 21.2. The molecule has 1 aliphatic heterocycles. The van der Waals surface area contributed by atoms with E-state index in [1.54, 1.807) is 6.07 Å². The first-order valence-electron chi connectivity index (χ1n) is 13.1. The third-order valence-electron chi connectivity index (χ3n) is 8.51. The summed E-state index contributed by atoms with van der Waals surface area (Å²) in [6.45, 7) is 0.486. The van der Waals surface area contributed by atoms with Crippen molar-refractivity contribution in [2.75, 3.05) is 25.5 Å². The lowest BCUT2D eigenvalue weighted by molar-refractivity contribution is 0.0226. The molecule has 2 aliphatic rings. The molecule has 1 aromatic heterocycles.